The fourth-order valence-corrected chi connectivity index (χ4v) is 3.03. The molecule has 0 bridgehead atoms. The summed E-state index contributed by atoms with van der Waals surface area (Å²) >= 11 is 6.34. The summed E-state index contributed by atoms with van der Waals surface area (Å²) in [4.78, 5) is 0. The Hall–Kier alpha value is -0.690. The monoisotopic (exact) mass is 208 g/mol. The molecule has 1 fully saturated rings. The Labute approximate surface area is 89.0 Å². The second-order valence-corrected chi connectivity index (χ2v) is 4.84. The van der Waals surface area contributed by atoms with Crippen LogP contribution in [-0.2, 0) is 6.42 Å². The van der Waals surface area contributed by atoms with Gasteiger partial charge in [-0.1, -0.05) is 18.2 Å². The summed E-state index contributed by atoms with van der Waals surface area (Å²) in [5.74, 6) is 1.04. The molecule has 1 spiro atoms. The number of ether oxygens (including phenoxy) is 1. The van der Waals surface area contributed by atoms with E-state index in [4.69, 9.17) is 16.3 Å². The van der Waals surface area contributed by atoms with E-state index in [0.717, 1.165) is 25.0 Å². The molecule has 0 aromatic heterocycles. The molecule has 0 saturated heterocycles. The molecule has 1 nitrogen and oxygen atoms in total. The van der Waals surface area contributed by atoms with Gasteiger partial charge >= 0.3 is 0 Å². The smallest absolute Gasteiger partial charge is 0.129 e. The van der Waals surface area contributed by atoms with Gasteiger partial charge in [-0.15, -0.1) is 11.6 Å². The van der Waals surface area contributed by atoms with E-state index in [9.17, 15) is 0 Å². The summed E-state index contributed by atoms with van der Waals surface area (Å²) in [6, 6.07) is 8.29. The molecule has 2 atom stereocenters. The van der Waals surface area contributed by atoms with Gasteiger partial charge in [-0.3, -0.25) is 0 Å². The van der Waals surface area contributed by atoms with Crippen molar-refractivity contribution < 1.29 is 4.74 Å². The fourth-order valence-electron chi connectivity index (χ4n) is 2.64. The van der Waals surface area contributed by atoms with Crippen molar-refractivity contribution in [3.8, 4) is 5.75 Å². The van der Waals surface area contributed by atoms with Crippen LogP contribution < -0.4 is 4.74 Å². The second kappa shape index (κ2) is 2.90. The van der Waals surface area contributed by atoms with Crippen LogP contribution in [0.5, 0.6) is 5.75 Å². The molecule has 2 heteroatoms. The number of benzene rings is 1. The topological polar surface area (TPSA) is 9.23 Å². The zero-order valence-corrected chi connectivity index (χ0v) is 8.76. The zero-order valence-electron chi connectivity index (χ0n) is 8.00. The van der Waals surface area contributed by atoms with E-state index in [2.05, 4.69) is 12.1 Å². The van der Waals surface area contributed by atoms with E-state index in [1.165, 1.54) is 12.0 Å². The molecule has 0 radical (unpaired) electrons. The minimum absolute atomic E-state index is 0.0781. The van der Waals surface area contributed by atoms with Crippen molar-refractivity contribution >= 4 is 11.6 Å². The van der Waals surface area contributed by atoms with Crippen LogP contribution in [0.1, 0.15) is 24.8 Å². The molecular weight excluding hydrogens is 196 g/mol. The maximum Gasteiger partial charge on any atom is 0.129 e. The summed E-state index contributed by atoms with van der Waals surface area (Å²) in [7, 11) is 0. The van der Waals surface area contributed by atoms with Gasteiger partial charge in [0.15, 0.2) is 0 Å². The summed E-state index contributed by atoms with van der Waals surface area (Å²) in [6.45, 7) is 0. The van der Waals surface area contributed by atoms with Crippen LogP contribution >= 0.6 is 11.6 Å². The molecule has 1 aliphatic heterocycles. The third kappa shape index (κ3) is 1.08. The van der Waals surface area contributed by atoms with Crippen LogP contribution in [0.3, 0.4) is 0 Å². The average molecular weight is 209 g/mol. The van der Waals surface area contributed by atoms with Crippen LogP contribution in [0, 0.1) is 0 Å². The molecule has 1 aromatic carbocycles. The predicted molar refractivity (Wildman–Crippen MR) is 57.0 cm³/mol. The van der Waals surface area contributed by atoms with Gasteiger partial charge in [-0.2, -0.15) is 0 Å². The number of hydrogen-bond acceptors (Lipinski definition) is 1. The summed E-state index contributed by atoms with van der Waals surface area (Å²) in [5, 5.41) is 0.190. The van der Waals surface area contributed by atoms with Crippen molar-refractivity contribution in [2.75, 3.05) is 0 Å². The Kier molecular flexibility index (Phi) is 1.78. The van der Waals surface area contributed by atoms with Crippen LogP contribution in [0.15, 0.2) is 24.3 Å². The fraction of sp³-hybridized carbons (Fsp3) is 0.500. The lowest BCUT2D eigenvalue weighted by molar-refractivity contribution is 0.106. The van der Waals surface area contributed by atoms with Crippen molar-refractivity contribution in [1.29, 1.82) is 0 Å². The van der Waals surface area contributed by atoms with Crippen molar-refractivity contribution in [2.45, 2.75) is 36.7 Å². The highest BCUT2D eigenvalue weighted by atomic mass is 35.5. The van der Waals surface area contributed by atoms with E-state index in [1.54, 1.807) is 0 Å². The number of alkyl halides is 1. The normalized spacial score (nSPS) is 34.5. The van der Waals surface area contributed by atoms with E-state index in [1.807, 2.05) is 12.1 Å². The highest BCUT2D eigenvalue weighted by Gasteiger charge is 2.48. The van der Waals surface area contributed by atoms with Gasteiger partial charge in [0.25, 0.3) is 0 Å². The molecule has 0 N–H and O–H groups in total. The molecule has 1 aliphatic carbocycles. The van der Waals surface area contributed by atoms with Crippen LogP contribution in [0.4, 0.5) is 0 Å². The van der Waals surface area contributed by atoms with Gasteiger partial charge in [-0.25, -0.2) is 0 Å². The first-order chi connectivity index (χ1) is 6.80. The minimum atomic E-state index is -0.0781. The van der Waals surface area contributed by atoms with E-state index >= 15 is 0 Å². The lowest BCUT2D eigenvalue weighted by atomic mass is 9.95. The number of rotatable bonds is 0. The van der Waals surface area contributed by atoms with Gasteiger partial charge < -0.3 is 4.74 Å². The van der Waals surface area contributed by atoms with E-state index in [-0.39, 0.29) is 11.0 Å². The molecule has 1 saturated carbocycles. The Morgan fingerprint density at radius 2 is 2.21 bits per heavy atom. The minimum Gasteiger partial charge on any atom is -0.485 e. The molecule has 3 rings (SSSR count). The number of fused-ring (bicyclic) bond motifs is 1. The van der Waals surface area contributed by atoms with Crippen LogP contribution in [0.2, 0.25) is 0 Å². The van der Waals surface area contributed by atoms with Gasteiger partial charge in [0.2, 0.25) is 0 Å². The molecule has 0 amide bonds. The highest BCUT2D eigenvalue weighted by Crippen LogP contribution is 2.46. The third-order valence-electron chi connectivity index (χ3n) is 3.40. The number of hydrogen-bond donors (Lipinski definition) is 0. The maximum absolute atomic E-state index is 6.34. The standard InChI is InChI=1S/C12H13ClO/c13-11-6-3-7-12(11)8-9-4-1-2-5-10(9)14-12/h1-2,4-5,11H,3,6-8H2. The maximum atomic E-state index is 6.34. The number of para-hydroxylation sites is 1. The van der Waals surface area contributed by atoms with Gasteiger partial charge in [0.05, 0.1) is 5.38 Å². The first-order valence-electron chi connectivity index (χ1n) is 5.21. The largest absolute Gasteiger partial charge is 0.485 e. The highest BCUT2D eigenvalue weighted by molar-refractivity contribution is 6.21. The predicted octanol–water partition coefficient (Wildman–Crippen LogP) is 3.15. The molecule has 1 heterocycles. The Balaban J connectivity index is 1.97. The summed E-state index contributed by atoms with van der Waals surface area (Å²) < 4.78 is 6.04. The molecule has 74 valence electrons. The molecule has 1 aromatic rings. The number of halogens is 1. The van der Waals surface area contributed by atoms with Crippen LogP contribution in [0.25, 0.3) is 0 Å². The molecule has 2 aliphatic rings. The van der Waals surface area contributed by atoms with Crippen LogP contribution in [-0.4, -0.2) is 11.0 Å². The molecule has 14 heavy (non-hydrogen) atoms. The lowest BCUT2D eigenvalue weighted by Gasteiger charge is -2.26. The zero-order chi connectivity index (χ0) is 9.60. The quantitative estimate of drug-likeness (QED) is 0.596. The molecular formula is C12H13ClO. The van der Waals surface area contributed by atoms with Gasteiger partial charge in [0, 0.05) is 6.42 Å². The summed E-state index contributed by atoms with van der Waals surface area (Å²) in [6.07, 6.45) is 4.39. The lowest BCUT2D eigenvalue weighted by Crippen LogP contribution is -2.39. The Morgan fingerprint density at radius 1 is 1.36 bits per heavy atom. The van der Waals surface area contributed by atoms with E-state index in [0.29, 0.717) is 0 Å². The van der Waals surface area contributed by atoms with Gasteiger partial charge in [0.1, 0.15) is 11.4 Å². The Bertz CT molecular complexity index is 336. The SMILES string of the molecule is ClC1CCCC12Cc1ccccc1O2. The van der Waals surface area contributed by atoms with Crippen molar-refractivity contribution in [3.63, 3.8) is 0 Å². The average Bonchev–Trinajstić information content (AvgIpc) is 2.71. The van der Waals surface area contributed by atoms with Crippen molar-refractivity contribution in [3.05, 3.63) is 29.8 Å². The third-order valence-corrected chi connectivity index (χ3v) is 4.02. The second-order valence-electron chi connectivity index (χ2n) is 4.31. The first kappa shape index (κ1) is 8.60. The van der Waals surface area contributed by atoms with Gasteiger partial charge in [-0.05, 0) is 30.9 Å². The van der Waals surface area contributed by atoms with Crippen molar-refractivity contribution in [1.82, 2.24) is 0 Å². The Morgan fingerprint density at radius 3 is 2.93 bits per heavy atom. The summed E-state index contributed by atoms with van der Waals surface area (Å²) in [5.41, 5.74) is 1.24. The van der Waals surface area contributed by atoms with E-state index < -0.39 is 0 Å². The van der Waals surface area contributed by atoms with Crippen molar-refractivity contribution in [2.24, 2.45) is 0 Å². The first-order valence-corrected chi connectivity index (χ1v) is 5.65. The molecule has 2 unspecified atom stereocenters.